The van der Waals surface area contributed by atoms with Crippen LogP contribution in [0.15, 0.2) is 48.5 Å². The van der Waals surface area contributed by atoms with Gasteiger partial charge in [0.05, 0.1) is 29.2 Å². The third kappa shape index (κ3) is 5.93. The summed E-state index contributed by atoms with van der Waals surface area (Å²) in [4.78, 5) is 18.6. The number of likely N-dealkylation sites (tertiary alicyclic amines) is 2. The van der Waals surface area contributed by atoms with Gasteiger partial charge in [-0.25, -0.2) is 0 Å². The molecule has 0 radical (unpaired) electrons. The quantitative estimate of drug-likeness (QED) is 0.333. The van der Waals surface area contributed by atoms with E-state index in [2.05, 4.69) is 4.90 Å². The molecule has 1 atom stereocenters. The summed E-state index contributed by atoms with van der Waals surface area (Å²) in [6.45, 7) is 4.15. The molecule has 1 saturated carbocycles. The van der Waals surface area contributed by atoms with E-state index in [1.165, 1.54) is 0 Å². The van der Waals surface area contributed by atoms with E-state index in [9.17, 15) is 31.1 Å². The Balaban J connectivity index is 1.26. The molecule has 2 aromatic carbocycles. The lowest BCUT2D eigenvalue weighted by atomic mass is 9.71. The predicted octanol–water partition coefficient (Wildman–Crippen LogP) is 7.77. The second-order valence-electron chi connectivity index (χ2n) is 13.0. The number of alkyl halides is 6. The Kier molecular flexibility index (Phi) is 8.07. The van der Waals surface area contributed by atoms with Crippen LogP contribution < -0.4 is 0 Å². The van der Waals surface area contributed by atoms with E-state index < -0.39 is 34.9 Å². The number of halogens is 6. The third-order valence-electron chi connectivity index (χ3n) is 10.6. The summed E-state index contributed by atoms with van der Waals surface area (Å²) in [6.07, 6.45) is -2.72. The number of carbonyl (C=O) groups excluding carboxylic acids is 1. The summed E-state index contributed by atoms with van der Waals surface area (Å²) in [6, 6.07) is 11.7. The molecule has 3 saturated heterocycles. The minimum Gasteiger partial charge on any atom is -0.381 e. The molecule has 6 rings (SSSR count). The van der Waals surface area contributed by atoms with Gasteiger partial charge in [0.1, 0.15) is 0 Å². The molecule has 1 spiro atoms. The minimum atomic E-state index is -4.96. The zero-order valence-electron chi connectivity index (χ0n) is 24.2. The molecular formula is C33H38F6N2O2. The first kappa shape index (κ1) is 30.4. The topological polar surface area (TPSA) is 32.8 Å². The van der Waals surface area contributed by atoms with Crippen molar-refractivity contribution in [3.63, 3.8) is 0 Å². The molecule has 3 heterocycles. The lowest BCUT2D eigenvalue weighted by Gasteiger charge is -2.53. The third-order valence-corrected chi connectivity index (χ3v) is 10.6. The van der Waals surface area contributed by atoms with Crippen LogP contribution in [-0.4, -0.2) is 54.6 Å². The average Bonchev–Trinajstić information content (AvgIpc) is 3.45. The molecule has 4 nitrogen and oxygen atoms in total. The van der Waals surface area contributed by atoms with Crippen molar-refractivity contribution >= 4 is 5.91 Å². The van der Waals surface area contributed by atoms with Gasteiger partial charge in [-0.15, -0.1) is 0 Å². The van der Waals surface area contributed by atoms with Crippen LogP contribution in [0.25, 0.3) is 0 Å². The Morgan fingerprint density at radius 3 is 1.95 bits per heavy atom. The maximum absolute atomic E-state index is 14.2. The second-order valence-corrected chi connectivity index (χ2v) is 13.0. The molecule has 0 unspecified atom stereocenters. The molecule has 0 N–H and O–H groups in total. The number of hydrogen-bond acceptors (Lipinski definition) is 3. The molecule has 1 aliphatic carbocycles. The summed E-state index contributed by atoms with van der Waals surface area (Å²) in [7, 11) is 0. The molecule has 43 heavy (non-hydrogen) atoms. The van der Waals surface area contributed by atoms with Gasteiger partial charge in [-0.3, -0.25) is 4.79 Å². The van der Waals surface area contributed by atoms with Crippen LogP contribution in [0.4, 0.5) is 26.3 Å². The van der Waals surface area contributed by atoms with Crippen LogP contribution in [0, 0.1) is 5.41 Å². The molecule has 0 bridgehead atoms. The van der Waals surface area contributed by atoms with Gasteiger partial charge in [0, 0.05) is 19.2 Å². The largest absolute Gasteiger partial charge is 0.416 e. The van der Waals surface area contributed by atoms with E-state index in [4.69, 9.17) is 4.74 Å². The summed E-state index contributed by atoms with van der Waals surface area (Å²) < 4.78 is 87.6. The van der Waals surface area contributed by atoms with E-state index in [-0.39, 0.29) is 24.0 Å². The van der Waals surface area contributed by atoms with Gasteiger partial charge in [0.2, 0.25) is 5.91 Å². The highest BCUT2D eigenvalue weighted by Crippen LogP contribution is 2.49. The first-order valence-corrected chi connectivity index (χ1v) is 15.4. The van der Waals surface area contributed by atoms with Crippen molar-refractivity contribution < 1.29 is 35.9 Å². The maximum Gasteiger partial charge on any atom is 0.416 e. The van der Waals surface area contributed by atoms with Gasteiger partial charge < -0.3 is 14.5 Å². The Hall–Kier alpha value is -2.59. The van der Waals surface area contributed by atoms with Crippen molar-refractivity contribution in [3.8, 4) is 0 Å². The lowest BCUT2D eigenvalue weighted by Crippen LogP contribution is -2.57. The SMILES string of the molecule is O=C1[C@H](c2cc(C(F)(F)F)cc(C(F)(F)F)c2)CCCN1C1(c2ccccc2)CCC(N2CCC3(CCOC3)CC2)CC1. The van der Waals surface area contributed by atoms with Gasteiger partial charge in [-0.1, -0.05) is 30.3 Å². The first-order valence-electron chi connectivity index (χ1n) is 15.4. The van der Waals surface area contributed by atoms with Crippen LogP contribution in [-0.2, 0) is 27.4 Å². The second kappa shape index (κ2) is 11.4. The highest BCUT2D eigenvalue weighted by molar-refractivity contribution is 5.85. The number of benzene rings is 2. The molecular weight excluding hydrogens is 570 g/mol. The standard InChI is InChI=1S/C33H38F6N2O2/c34-32(35,36)25-19-23(20-26(21-25)33(37,38)39)28-7-4-15-41(29(28)42)31(24-5-2-1-3-6-24)10-8-27(9-11-31)40-16-12-30(13-17-40)14-18-43-22-30/h1-3,5-6,19-21,27-28H,4,7-18,22H2/t27?,28-,31?/m0/s1. The smallest absolute Gasteiger partial charge is 0.381 e. The first-order chi connectivity index (χ1) is 20.4. The number of piperidine rings is 2. The fourth-order valence-electron chi connectivity index (χ4n) is 8.11. The minimum absolute atomic E-state index is 0.128. The molecule has 1 amide bonds. The highest BCUT2D eigenvalue weighted by Gasteiger charge is 2.49. The fourth-order valence-corrected chi connectivity index (χ4v) is 8.11. The van der Waals surface area contributed by atoms with Crippen molar-refractivity contribution in [3.05, 3.63) is 70.8 Å². The molecule has 4 aliphatic rings. The normalized spacial score (nSPS) is 28.9. The van der Waals surface area contributed by atoms with Crippen LogP contribution in [0.3, 0.4) is 0 Å². The number of carbonyl (C=O) groups is 1. The van der Waals surface area contributed by atoms with Gasteiger partial charge in [0.15, 0.2) is 0 Å². The van der Waals surface area contributed by atoms with Crippen LogP contribution in [0.5, 0.6) is 0 Å². The van der Waals surface area contributed by atoms with Gasteiger partial charge >= 0.3 is 12.4 Å². The Morgan fingerprint density at radius 1 is 0.767 bits per heavy atom. The van der Waals surface area contributed by atoms with Crippen molar-refractivity contribution in [1.82, 2.24) is 9.80 Å². The molecule has 3 aliphatic heterocycles. The van der Waals surface area contributed by atoms with Crippen molar-refractivity contribution in [2.75, 3.05) is 32.8 Å². The van der Waals surface area contributed by atoms with Gasteiger partial charge in [0.25, 0.3) is 0 Å². The molecule has 4 fully saturated rings. The van der Waals surface area contributed by atoms with Crippen LogP contribution >= 0.6 is 0 Å². The number of nitrogens with zero attached hydrogens (tertiary/aromatic N) is 2. The van der Waals surface area contributed by atoms with Crippen LogP contribution in [0.2, 0.25) is 0 Å². The summed E-state index contributed by atoms with van der Waals surface area (Å²) >= 11 is 0. The number of ether oxygens (including phenoxy) is 1. The van der Waals surface area contributed by atoms with Crippen LogP contribution in [0.1, 0.15) is 86.0 Å². The zero-order chi connectivity index (χ0) is 30.5. The maximum atomic E-state index is 14.2. The van der Waals surface area contributed by atoms with Crippen molar-refractivity contribution in [1.29, 1.82) is 0 Å². The van der Waals surface area contributed by atoms with Crippen molar-refractivity contribution in [2.45, 2.75) is 87.6 Å². The van der Waals surface area contributed by atoms with E-state index in [1.807, 2.05) is 30.3 Å². The van der Waals surface area contributed by atoms with Crippen molar-refractivity contribution in [2.24, 2.45) is 5.41 Å². The lowest BCUT2D eigenvalue weighted by molar-refractivity contribution is -0.147. The molecule has 0 aromatic heterocycles. The van der Waals surface area contributed by atoms with Gasteiger partial charge in [-0.2, -0.15) is 26.3 Å². The summed E-state index contributed by atoms with van der Waals surface area (Å²) in [5, 5.41) is 0. The van der Waals surface area contributed by atoms with E-state index >= 15 is 0 Å². The fraction of sp³-hybridized carbons (Fsp3) is 0.606. The van der Waals surface area contributed by atoms with Gasteiger partial charge in [-0.05, 0) is 106 Å². The monoisotopic (exact) mass is 608 g/mol. The number of amides is 1. The highest BCUT2D eigenvalue weighted by atomic mass is 19.4. The van der Waals surface area contributed by atoms with E-state index in [1.54, 1.807) is 4.90 Å². The zero-order valence-corrected chi connectivity index (χ0v) is 24.2. The number of rotatable bonds is 4. The van der Waals surface area contributed by atoms with E-state index in [0.29, 0.717) is 37.3 Å². The molecule has 2 aromatic rings. The predicted molar refractivity (Wildman–Crippen MR) is 149 cm³/mol. The number of hydrogen-bond donors (Lipinski definition) is 0. The summed E-state index contributed by atoms with van der Waals surface area (Å²) in [5.74, 6) is -1.45. The summed E-state index contributed by atoms with van der Waals surface area (Å²) in [5.41, 5.74) is -2.35. The Bertz CT molecular complexity index is 1250. The average molecular weight is 609 g/mol. The Labute approximate surface area is 248 Å². The van der Waals surface area contributed by atoms with E-state index in [0.717, 1.165) is 76.1 Å². The Morgan fingerprint density at radius 2 is 1.40 bits per heavy atom. The molecule has 10 heteroatoms. The molecule has 234 valence electrons.